The number of carbonyl (C=O) groups is 2. The van der Waals surface area contributed by atoms with E-state index in [1.54, 1.807) is 60.7 Å². The Balaban J connectivity index is 1.52. The van der Waals surface area contributed by atoms with Gasteiger partial charge in [0.1, 0.15) is 11.2 Å². The van der Waals surface area contributed by atoms with E-state index in [2.05, 4.69) is 10.6 Å². The summed E-state index contributed by atoms with van der Waals surface area (Å²) in [6, 6.07) is 19.7. The quantitative estimate of drug-likeness (QED) is 0.529. The van der Waals surface area contributed by atoms with Gasteiger partial charge >= 0.3 is 6.03 Å². The van der Waals surface area contributed by atoms with Gasteiger partial charge in [0.2, 0.25) is 5.91 Å². The second kappa shape index (κ2) is 8.77. The van der Waals surface area contributed by atoms with E-state index in [0.29, 0.717) is 16.4 Å². The number of amides is 3. The van der Waals surface area contributed by atoms with Gasteiger partial charge in [0.05, 0.1) is 11.4 Å². The summed E-state index contributed by atoms with van der Waals surface area (Å²) >= 11 is 7.27. The summed E-state index contributed by atoms with van der Waals surface area (Å²) < 4.78 is 14.3. The van der Waals surface area contributed by atoms with Gasteiger partial charge in [0, 0.05) is 16.4 Å². The second-order valence-electron chi connectivity index (χ2n) is 6.59. The van der Waals surface area contributed by atoms with Crippen LogP contribution in [0.4, 0.5) is 26.2 Å². The zero-order valence-electron chi connectivity index (χ0n) is 15.6. The maximum atomic E-state index is 14.3. The number of anilines is 3. The fourth-order valence-electron chi connectivity index (χ4n) is 3.17. The number of thioether (sulfide) groups is 1. The molecule has 0 unspecified atom stereocenters. The average molecular weight is 442 g/mol. The van der Waals surface area contributed by atoms with Crippen LogP contribution in [0.3, 0.4) is 0 Å². The van der Waals surface area contributed by atoms with Crippen molar-refractivity contribution < 1.29 is 14.0 Å². The molecule has 0 saturated carbocycles. The van der Waals surface area contributed by atoms with Crippen molar-refractivity contribution >= 4 is 52.4 Å². The highest BCUT2D eigenvalue weighted by atomic mass is 35.5. The SMILES string of the molecule is O=C(Nc1ccc(Cl)cc1)Nc1cccc([C@@H]2SCC(=O)N2c2ccccc2F)c1. The molecule has 1 aliphatic heterocycles. The van der Waals surface area contributed by atoms with Gasteiger partial charge in [-0.3, -0.25) is 9.69 Å². The van der Waals surface area contributed by atoms with E-state index in [-0.39, 0.29) is 22.7 Å². The van der Waals surface area contributed by atoms with Crippen molar-refractivity contribution in [2.24, 2.45) is 0 Å². The molecule has 4 rings (SSSR count). The van der Waals surface area contributed by atoms with E-state index in [1.807, 2.05) is 6.07 Å². The monoisotopic (exact) mass is 441 g/mol. The summed E-state index contributed by atoms with van der Waals surface area (Å²) in [6.07, 6.45) is 0. The van der Waals surface area contributed by atoms with Gasteiger partial charge in [-0.1, -0.05) is 35.9 Å². The highest BCUT2D eigenvalue weighted by Crippen LogP contribution is 2.42. The summed E-state index contributed by atoms with van der Waals surface area (Å²) in [4.78, 5) is 26.2. The van der Waals surface area contributed by atoms with Crippen LogP contribution in [-0.4, -0.2) is 17.7 Å². The Hall–Kier alpha value is -3.03. The third-order valence-corrected chi connectivity index (χ3v) is 5.98. The zero-order valence-corrected chi connectivity index (χ0v) is 17.2. The summed E-state index contributed by atoms with van der Waals surface area (Å²) in [5.41, 5.74) is 2.21. The lowest BCUT2D eigenvalue weighted by molar-refractivity contribution is -0.115. The number of hydrogen-bond donors (Lipinski definition) is 2. The first-order chi connectivity index (χ1) is 14.5. The minimum Gasteiger partial charge on any atom is -0.308 e. The Kier molecular flexibility index (Phi) is 5.92. The average Bonchev–Trinajstić information content (AvgIpc) is 3.11. The number of rotatable bonds is 4. The lowest BCUT2D eigenvalue weighted by atomic mass is 10.1. The van der Waals surface area contributed by atoms with Crippen LogP contribution < -0.4 is 15.5 Å². The number of nitrogens with one attached hydrogen (secondary N) is 2. The van der Waals surface area contributed by atoms with Crippen molar-refractivity contribution in [3.63, 3.8) is 0 Å². The molecule has 0 aliphatic carbocycles. The van der Waals surface area contributed by atoms with Gasteiger partial charge in [0.15, 0.2) is 0 Å². The van der Waals surface area contributed by atoms with Crippen LogP contribution in [0.2, 0.25) is 5.02 Å². The van der Waals surface area contributed by atoms with Crippen LogP contribution in [0, 0.1) is 5.82 Å². The summed E-state index contributed by atoms with van der Waals surface area (Å²) in [5.74, 6) is -0.350. The fraction of sp³-hybridized carbons (Fsp3) is 0.0909. The molecule has 3 aromatic rings. The molecule has 0 radical (unpaired) electrons. The van der Waals surface area contributed by atoms with E-state index in [1.165, 1.54) is 22.7 Å². The van der Waals surface area contributed by atoms with E-state index >= 15 is 0 Å². The predicted molar refractivity (Wildman–Crippen MR) is 120 cm³/mol. The maximum Gasteiger partial charge on any atom is 0.323 e. The number of carbonyl (C=O) groups excluding carboxylic acids is 2. The number of hydrogen-bond acceptors (Lipinski definition) is 3. The minimum absolute atomic E-state index is 0.158. The van der Waals surface area contributed by atoms with Crippen LogP contribution >= 0.6 is 23.4 Å². The molecular formula is C22H17ClFN3O2S. The molecule has 152 valence electrons. The maximum absolute atomic E-state index is 14.3. The van der Waals surface area contributed by atoms with Crippen LogP contribution in [0.15, 0.2) is 72.8 Å². The number of halogens is 2. The molecule has 30 heavy (non-hydrogen) atoms. The normalized spacial score (nSPS) is 15.9. The second-order valence-corrected chi connectivity index (χ2v) is 8.09. The third kappa shape index (κ3) is 4.42. The lowest BCUT2D eigenvalue weighted by Crippen LogP contribution is -2.28. The molecule has 1 saturated heterocycles. The highest BCUT2D eigenvalue weighted by molar-refractivity contribution is 8.00. The van der Waals surface area contributed by atoms with Gasteiger partial charge in [-0.05, 0) is 54.1 Å². The van der Waals surface area contributed by atoms with Gasteiger partial charge in [0.25, 0.3) is 0 Å². The van der Waals surface area contributed by atoms with Crippen molar-refractivity contribution in [2.75, 3.05) is 21.3 Å². The highest BCUT2D eigenvalue weighted by Gasteiger charge is 2.35. The zero-order chi connectivity index (χ0) is 21.1. The van der Waals surface area contributed by atoms with Crippen molar-refractivity contribution in [3.05, 3.63) is 89.2 Å². The van der Waals surface area contributed by atoms with Gasteiger partial charge in [-0.15, -0.1) is 11.8 Å². The van der Waals surface area contributed by atoms with Crippen LogP contribution in [0.5, 0.6) is 0 Å². The van der Waals surface area contributed by atoms with Crippen LogP contribution in [0.25, 0.3) is 0 Å². The first-order valence-corrected chi connectivity index (χ1v) is 10.6. The minimum atomic E-state index is -0.449. The molecule has 0 spiro atoms. The smallest absolute Gasteiger partial charge is 0.308 e. The molecule has 3 amide bonds. The van der Waals surface area contributed by atoms with Crippen LogP contribution in [-0.2, 0) is 4.79 Å². The molecule has 1 aliphatic rings. The molecule has 1 fully saturated rings. The molecule has 1 heterocycles. The Morgan fingerprint density at radius 3 is 2.50 bits per heavy atom. The Labute approximate surface area is 182 Å². The first kappa shape index (κ1) is 20.3. The molecule has 0 bridgehead atoms. The van der Waals surface area contributed by atoms with Crippen LogP contribution in [0.1, 0.15) is 10.9 Å². The van der Waals surface area contributed by atoms with Gasteiger partial charge < -0.3 is 10.6 Å². The number of para-hydroxylation sites is 1. The Morgan fingerprint density at radius 1 is 1.00 bits per heavy atom. The number of benzene rings is 3. The lowest BCUT2D eigenvalue weighted by Gasteiger charge is -2.25. The summed E-state index contributed by atoms with van der Waals surface area (Å²) in [7, 11) is 0. The first-order valence-electron chi connectivity index (χ1n) is 9.13. The number of nitrogens with zero attached hydrogens (tertiary/aromatic N) is 1. The molecule has 1 atom stereocenters. The third-order valence-electron chi connectivity index (χ3n) is 4.51. The summed E-state index contributed by atoms with van der Waals surface area (Å²) in [6.45, 7) is 0. The molecule has 5 nitrogen and oxygen atoms in total. The fourth-order valence-corrected chi connectivity index (χ4v) is 4.46. The summed E-state index contributed by atoms with van der Waals surface area (Å²) in [5, 5.41) is 5.71. The molecule has 8 heteroatoms. The molecule has 2 N–H and O–H groups in total. The van der Waals surface area contributed by atoms with E-state index in [4.69, 9.17) is 11.6 Å². The largest absolute Gasteiger partial charge is 0.323 e. The topological polar surface area (TPSA) is 61.4 Å². The Morgan fingerprint density at radius 2 is 1.73 bits per heavy atom. The molecule has 3 aromatic carbocycles. The standard InChI is InChI=1S/C22H17ClFN3O2S/c23-15-8-10-16(11-9-15)25-22(29)26-17-5-3-4-14(12-17)21-27(20(28)13-30-21)19-7-2-1-6-18(19)24/h1-12,21H,13H2,(H2,25,26,29)/t21-/m0/s1. The van der Waals surface area contributed by atoms with Gasteiger partial charge in [-0.25, -0.2) is 9.18 Å². The molecule has 0 aromatic heterocycles. The van der Waals surface area contributed by atoms with Gasteiger partial charge in [-0.2, -0.15) is 0 Å². The van der Waals surface area contributed by atoms with Crippen molar-refractivity contribution in [3.8, 4) is 0 Å². The Bertz CT molecular complexity index is 1090. The van der Waals surface area contributed by atoms with Crippen molar-refractivity contribution in [1.82, 2.24) is 0 Å². The molecular weight excluding hydrogens is 425 g/mol. The van der Waals surface area contributed by atoms with Crippen molar-refractivity contribution in [2.45, 2.75) is 5.37 Å². The van der Waals surface area contributed by atoms with E-state index in [9.17, 15) is 14.0 Å². The van der Waals surface area contributed by atoms with E-state index in [0.717, 1.165) is 5.56 Å². The predicted octanol–water partition coefficient (Wildman–Crippen LogP) is 5.90. The van der Waals surface area contributed by atoms with E-state index < -0.39 is 11.8 Å². The number of urea groups is 1. The van der Waals surface area contributed by atoms with Crippen molar-refractivity contribution in [1.29, 1.82) is 0 Å².